The molecule has 3 aromatic rings. The molecule has 2 aromatic heterocycles. The van der Waals surface area contributed by atoms with Gasteiger partial charge in [-0.1, -0.05) is 39.0 Å². The molecule has 0 fully saturated rings. The largest absolute Gasteiger partial charge is 0.283 e. The smallest absolute Gasteiger partial charge is 0.183 e. The molecule has 0 aliphatic rings. The van der Waals surface area contributed by atoms with Gasteiger partial charge in [0.15, 0.2) is 5.82 Å². The van der Waals surface area contributed by atoms with Crippen LogP contribution in [0.2, 0.25) is 0 Å². The van der Waals surface area contributed by atoms with E-state index in [2.05, 4.69) is 75.2 Å². The molecular weight excluding hydrogens is 296 g/mol. The van der Waals surface area contributed by atoms with E-state index < -0.39 is 0 Å². The second-order valence-electron chi connectivity index (χ2n) is 6.54. The molecule has 4 heteroatoms. The maximum Gasteiger partial charge on any atom is 0.183 e. The van der Waals surface area contributed by atoms with Crippen molar-refractivity contribution in [3.05, 3.63) is 58.9 Å². The molecule has 24 heavy (non-hydrogen) atoms. The van der Waals surface area contributed by atoms with Gasteiger partial charge in [0.25, 0.3) is 0 Å². The van der Waals surface area contributed by atoms with E-state index in [1.165, 1.54) is 11.1 Å². The molecule has 0 saturated carbocycles. The molecule has 0 N–H and O–H groups in total. The van der Waals surface area contributed by atoms with E-state index in [0.29, 0.717) is 5.92 Å². The molecule has 0 amide bonds. The number of fused-ring (bicyclic) bond motifs is 1. The fourth-order valence-electron chi connectivity index (χ4n) is 2.88. The van der Waals surface area contributed by atoms with Crippen LogP contribution in [0.15, 0.2) is 46.8 Å². The Morgan fingerprint density at radius 3 is 2.62 bits per heavy atom. The van der Waals surface area contributed by atoms with Crippen LogP contribution in [0.5, 0.6) is 0 Å². The average molecular weight is 320 g/mol. The molecule has 0 spiro atoms. The lowest BCUT2D eigenvalue weighted by Crippen LogP contribution is -1.88. The molecule has 0 saturated heterocycles. The van der Waals surface area contributed by atoms with Crippen LogP contribution in [0.4, 0.5) is 11.5 Å². The van der Waals surface area contributed by atoms with Crippen molar-refractivity contribution in [2.75, 3.05) is 0 Å². The Morgan fingerprint density at radius 2 is 1.92 bits per heavy atom. The number of hydrogen-bond donors (Lipinski definition) is 0. The third kappa shape index (κ3) is 2.96. The summed E-state index contributed by atoms with van der Waals surface area (Å²) in [6.07, 6.45) is 2.97. The van der Waals surface area contributed by atoms with Gasteiger partial charge in [-0.15, -0.1) is 10.2 Å². The van der Waals surface area contributed by atoms with Crippen LogP contribution in [0, 0.1) is 13.8 Å². The Morgan fingerprint density at radius 1 is 1.12 bits per heavy atom. The van der Waals surface area contributed by atoms with Gasteiger partial charge < -0.3 is 0 Å². The highest BCUT2D eigenvalue weighted by molar-refractivity contribution is 5.56. The fourth-order valence-corrected chi connectivity index (χ4v) is 2.88. The highest BCUT2D eigenvalue weighted by atomic mass is 15.2. The van der Waals surface area contributed by atoms with Gasteiger partial charge in [-0.25, -0.2) is 4.98 Å². The first-order chi connectivity index (χ1) is 11.5. The minimum atomic E-state index is 0.293. The second kappa shape index (κ2) is 6.56. The number of aryl methyl sites for hydroxylation is 3. The third-order valence-electron chi connectivity index (χ3n) is 4.28. The van der Waals surface area contributed by atoms with Crippen LogP contribution in [-0.4, -0.2) is 9.38 Å². The Labute approximate surface area is 143 Å². The summed E-state index contributed by atoms with van der Waals surface area (Å²) in [6.45, 7) is 10.6. The molecule has 0 unspecified atom stereocenters. The van der Waals surface area contributed by atoms with Crippen LogP contribution in [0.1, 0.15) is 49.1 Å². The van der Waals surface area contributed by atoms with Gasteiger partial charge in [-0.2, -0.15) is 0 Å². The number of nitrogens with zero attached hydrogens (tertiary/aromatic N) is 4. The maximum absolute atomic E-state index is 4.76. The van der Waals surface area contributed by atoms with Crippen LogP contribution < -0.4 is 0 Å². The van der Waals surface area contributed by atoms with Crippen LogP contribution >= 0.6 is 0 Å². The Kier molecular flexibility index (Phi) is 4.47. The van der Waals surface area contributed by atoms with E-state index >= 15 is 0 Å². The van der Waals surface area contributed by atoms with Gasteiger partial charge >= 0.3 is 0 Å². The number of aromatic nitrogens is 2. The zero-order chi connectivity index (χ0) is 17.3. The van der Waals surface area contributed by atoms with Crippen molar-refractivity contribution in [3.63, 3.8) is 0 Å². The molecule has 1 aromatic carbocycles. The minimum absolute atomic E-state index is 0.293. The molecule has 124 valence electrons. The van der Waals surface area contributed by atoms with E-state index in [1.54, 1.807) is 0 Å². The Hall–Kier alpha value is -2.49. The van der Waals surface area contributed by atoms with E-state index in [4.69, 9.17) is 4.98 Å². The highest BCUT2D eigenvalue weighted by Crippen LogP contribution is 2.31. The van der Waals surface area contributed by atoms with Crippen molar-refractivity contribution < 1.29 is 0 Å². The van der Waals surface area contributed by atoms with Crippen LogP contribution in [-0.2, 0) is 6.42 Å². The monoisotopic (exact) mass is 320 g/mol. The quantitative estimate of drug-likeness (QED) is 0.539. The summed E-state index contributed by atoms with van der Waals surface area (Å²) in [6, 6.07) is 10.4. The lowest BCUT2D eigenvalue weighted by molar-refractivity contribution is 0.831. The van der Waals surface area contributed by atoms with E-state index in [0.717, 1.165) is 34.8 Å². The van der Waals surface area contributed by atoms with Gasteiger partial charge in [0, 0.05) is 6.20 Å². The number of rotatable bonds is 4. The molecule has 0 bridgehead atoms. The number of pyridine rings is 1. The van der Waals surface area contributed by atoms with Crippen LogP contribution in [0.3, 0.4) is 0 Å². The van der Waals surface area contributed by atoms with Crippen molar-refractivity contribution in [3.8, 4) is 0 Å². The molecule has 0 aliphatic heterocycles. The molecule has 0 aliphatic carbocycles. The SMILES string of the molecule is CCc1cccc(C)c1N=Nc1c(C(C)C)nc2cc(C)ccn12. The molecule has 0 radical (unpaired) electrons. The number of hydrogen-bond acceptors (Lipinski definition) is 3. The summed E-state index contributed by atoms with van der Waals surface area (Å²) in [5, 5.41) is 9.21. The van der Waals surface area contributed by atoms with Gasteiger partial charge in [0.05, 0.1) is 11.4 Å². The van der Waals surface area contributed by atoms with Crippen molar-refractivity contribution >= 4 is 17.2 Å². The summed E-state index contributed by atoms with van der Waals surface area (Å²) in [5.74, 6) is 1.12. The first-order valence-corrected chi connectivity index (χ1v) is 8.50. The zero-order valence-electron chi connectivity index (χ0n) is 15.0. The van der Waals surface area contributed by atoms with Gasteiger partial charge in [-0.3, -0.25) is 4.40 Å². The zero-order valence-corrected chi connectivity index (χ0v) is 15.0. The van der Waals surface area contributed by atoms with E-state index in [-0.39, 0.29) is 0 Å². The van der Waals surface area contributed by atoms with Gasteiger partial charge in [-0.05, 0) is 55.0 Å². The summed E-state index contributed by atoms with van der Waals surface area (Å²) < 4.78 is 2.02. The standard InChI is InChI=1S/C20H24N4/c1-6-16-9-7-8-15(5)19(16)22-23-20-18(13(2)3)21-17-12-14(4)10-11-24(17)20/h7-13H,6H2,1-5H3. The topological polar surface area (TPSA) is 42.0 Å². The van der Waals surface area contributed by atoms with Gasteiger partial charge in [0.2, 0.25) is 0 Å². The predicted molar refractivity (Wildman–Crippen MR) is 98.8 cm³/mol. The molecular formula is C20H24N4. The number of azo groups is 1. The lowest BCUT2D eigenvalue weighted by Gasteiger charge is -2.06. The molecule has 3 rings (SSSR count). The molecule has 4 nitrogen and oxygen atoms in total. The molecule has 2 heterocycles. The fraction of sp³-hybridized carbons (Fsp3) is 0.350. The normalized spacial score (nSPS) is 11.9. The minimum Gasteiger partial charge on any atom is -0.283 e. The summed E-state index contributed by atoms with van der Waals surface area (Å²) >= 11 is 0. The highest BCUT2D eigenvalue weighted by Gasteiger charge is 2.15. The Balaban J connectivity index is 2.15. The van der Waals surface area contributed by atoms with E-state index in [1.807, 2.05) is 10.6 Å². The summed E-state index contributed by atoms with van der Waals surface area (Å²) in [5.41, 5.74) is 6.43. The lowest BCUT2D eigenvalue weighted by atomic mass is 10.1. The van der Waals surface area contributed by atoms with Gasteiger partial charge in [0.1, 0.15) is 5.65 Å². The van der Waals surface area contributed by atoms with Crippen molar-refractivity contribution in [1.82, 2.24) is 9.38 Å². The first-order valence-electron chi connectivity index (χ1n) is 8.50. The first kappa shape index (κ1) is 16.4. The second-order valence-corrected chi connectivity index (χ2v) is 6.54. The number of imidazole rings is 1. The third-order valence-corrected chi connectivity index (χ3v) is 4.28. The number of benzene rings is 1. The van der Waals surface area contributed by atoms with Crippen molar-refractivity contribution in [2.24, 2.45) is 10.2 Å². The van der Waals surface area contributed by atoms with E-state index in [9.17, 15) is 0 Å². The summed E-state index contributed by atoms with van der Waals surface area (Å²) in [4.78, 5) is 4.76. The van der Waals surface area contributed by atoms with Crippen molar-refractivity contribution in [2.45, 2.75) is 47.0 Å². The predicted octanol–water partition coefficient (Wildman–Crippen LogP) is 6.05. The summed E-state index contributed by atoms with van der Waals surface area (Å²) in [7, 11) is 0. The Bertz CT molecular complexity index is 903. The van der Waals surface area contributed by atoms with Crippen LogP contribution in [0.25, 0.3) is 5.65 Å². The van der Waals surface area contributed by atoms with Crippen molar-refractivity contribution in [1.29, 1.82) is 0 Å². The maximum atomic E-state index is 4.76. The molecule has 0 atom stereocenters. The average Bonchev–Trinajstić information content (AvgIpc) is 2.91.